The number of hydrogen-bond acceptors (Lipinski definition) is 3. The van der Waals surface area contributed by atoms with Gasteiger partial charge in [-0.15, -0.1) is 0 Å². The minimum atomic E-state index is -0.874. The summed E-state index contributed by atoms with van der Waals surface area (Å²) < 4.78 is 0. The van der Waals surface area contributed by atoms with Gasteiger partial charge < -0.3 is 14.9 Å². The topological polar surface area (TPSA) is 43.8 Å². The van der Waals surface area contributed by atoms with E-state index in [1.165, 1.54) is 0 Å². The second-order valence-electron chi connectivity index (χ2n) is 4.91. The van der Waals surface area contributed by atoms with Crippen LogP contribution in [0.1, 0.15) is 33.1 Å². The molecule has 1 atom stereocenters. The Morgan fingerprint density at radius 2 is 1.78 bits per heavy atom. The van der Waals surface area contributed by atoms with Crippen LogP contribution >= 0.6 is 0 Å². The maximum absolute atomic E-state index is 10.8. The van der Waals surface area contributed by atoms with E-state index in [1.54, 1.807) is 0 Å². The van der Waals surface area contributed by atoms with Crippen LogP contribution in [0.5, 0.6) is 0 Å². The summed E-state index contributed by atoms with van der Waals surface area (Å²) in [6.07, 6.45) is 2.52. The van der Waals surface area contributed by atoms with Gasteiger partial charge in [0.2, 0.25) is 0 Å². The first kappa shape index (κ1) is 17.1. The van der Waals surface area contributed by atoms with E-state index in [9.17, 15) is 4.79 Å². The summed E-state index contributed by atoms with van der Waals surface area (Å²) >= 11 is 0. The van der Waals surface area contributed by atoms with E-state index in [1.807, 2.05) is 0 Å². The molecule has 0 saturated carbocycles. The molecule has 1 N–H and O–H groups in total. The molecule has 0 fully saturated rings. The molecule has 0 aliphatic heterocycles. The van der Waals surface area contributed by atoms with Gasteiger partial charge in [-0.05, 0) is 53.0 Å². The monoisotopic (exact) mass is 256 g/mol. The highest BCUT2D eigenvalue weighted by molar-refractivity contribution is 5.85. The number of hydrogen-bond donors (Lipinski definition) is 1. The molecule has 0 spiro atoms. The Hall–Kier alpha value is -0.870. The van der Waals surface area contributed by atoms with Crippen molar-refractivity contribution in [3.8, 4) is 0 Å². The lowest BCUT2D eigenvalue weighted by Crippen LogP contribution is -2.37. The van der Waals surface area contributed by atoms with Crippen LogP contribution in [0, 0.1) is 0 Å². The maximum Gasteiger partial charge on any atom is 0.330 e. The zero-order chi connectivity index (χ0) is 14.1. The molecule has 0 aromatic rings. The number of carboxylic acid groups (broad SMARTS) is 1. The number of rotatable bonds is 10. The SMILES string of the molecule is C=C(CCC(CCN(C)C)N(CC)CC)C(=O)O. The second kappa shape index (κ2) is 9.11. The van der Waals surface area contributed by atoms with E-state index >= 15 is 0 Å². The standard InChI is InChI=1S/C14H28N2O2/c1-6-16(7-2)13(10-11-15(4)5)9-8-12(3)14(17)18/h13H,3,6-11H2,1-2,4-5H3,(H,17,18). The summed E-state index contributed by atoms with van der Waals surface area (Å²) in [6, 6.07) is 0.443. The van der Waals surface area contributed by atoms with Crippen molar-refractivity contribution in [2.45, 2.75) is 39.2 Å². The van der Waals surface area contributed by atoms with Gasteiger partial charge in [0, 0.05) is 11.6 Å². The molecule has 0 rings (SSSR count). The largest absolute Gasteiger partial charge is 0.478 e. The Labute approximate surface area is 111 Å². The van der Waals surface area contributed by atoms with Gasteiger partial charge in [0.15, 0.2) is 0 Å². The molecule has 106 valence electrons. The third-order valence-electron chi connectivity index (χ3n) is 3.32. The average molecular weight is 256 g/mol. The van der Waals surface area contributed by atoms with Crippen molar-refractivity contribution in [1.82, 2.24) is 9.80 Å². The molecule has 0 aliphatic rings. The molecular formula is C14H28N2O2. The Morgan fingerprint density at radius 1 is 1.22 bits per heavy atom. The second-order valence-corrected chi connectivity index (χ2v) is 4.91. The molecule has 0 aromatic carbocycles. The zero-order valence-electron chi connectivity index (χ0n) is 12.3. The highest BCUT2D eigenvalue weighted by atomic mass is 16.4. The number of carboxylic acids is 1. The molecule has 4 heteroatoms. The van der Waals surface area contributed by atoms with E-state index in [-0.39, 0.29) is 0 Å². The summed E-state index contributed by atoms with van der Waals surface area (Å²) in [7, 11) is 4.13. The number of nitrogens with zero attached hydrogens (tertiary/aromatic N) is 2. The maximum atomic E-state index is 10.8. The van der Waals surface area contributed by atoms with Crippen LogP contribution in [0.15, 0.2) is 12.2 Å². The fourth-order valence-electron chi connectivity index (χ4n) is 2.10. The Morgan fingerprint density at radius 3 is 2.17 bits per heavy atom. The molecule has 0 saturated heterocycles. The van der Waals surface area contributed by atoms with Crippen molar-refractivity contribution in [3.05, 3.63) is 12.2 Å². The van der Waals surface area contributed by atoms with Crippen molar-refractivity contribution in [3.63, 3.8) is 0 Å². The smallest absolute Gasteiger partial charge is 0.330 e. The first-order valence-electron chi connectivity index (χ1n) is 6.72. The summed E-state index contributed by atoms with van der Waals surface area (Å²) in [5.74, 6) is -0.874. The van der Waals surface area contributed by atoms with E-state index in [2.05, 4.69) is 44.3 Å². The van der Waals surface area contributed by atoms with Gasteiger partial charge in [0.25, 0.3) is 0 Å². The summed E-state index contributed by atoms with van der Waals surface area (Å²) in [5, 5.41) is 8.84. The van der Waals surface area contributed by atoms with Crippen molar-refractivity contribution < 1.29 is 9.90 Å². The number of aliphatic carboxylic acids is 1. The molecule has 1 unspecified atom stereocenters. The van der Waals surface area contributed by atoms with E-state index in [0.29, 0.717) is 18.0 Å². The normalized spacial score (nSPS) is 13.0. The Balaban J connectivity index is 4.36. The molecule has 0 aromatic heterocycles. The van der Waals surface area contributed by atoms with Crippen molar-refractivity contribution in [2.24, 2.45) is 0 Å². The minimum absolute atomic E-state index is 0.317. The molecular weight excluding hydrogens is 228 g/mol. The molecule has 18 heavy (non-hydrogen) atoms. The lowest BCUT2D eigenvalue weighted by molar-refractivity contribution is -0.132. The van der Waals surface area contributed by atoms with E-state index in [4.69, 9.17) is 5.11 Å². The zero-order valence-corrected chi connectivity index (χ0v) is 12.3. The first-order chi connectivity index (χ1) is 8.42. The fraction of sp³-hybridized carbons (Fsp3) is 0.786. The van der Waals surface area contributed by atoms with Crippen molar-refractivity contribution >= 4 is 5.97 Å². The average Bonchev–Trinajstić information content (AvgIpc) is 2.32. The third-order valence-corrected chi connectivity index (χ3v) is 3.32. The van der Waals surface area contributed by atoms with Crippen LogP contribution in [0.2, 0.25) is 0 Å². The number of carbonyl (C=O) groups is 1. The molecule has 0 heterocycles. The lowest BCUT2D eigenvalue weighted by atomic mass is 10.0. The van der Waals surface area contributed by atoms with Crippen LogP contribution < -0.4 is 0 Å². The highest BCUT2D eigenvalue weighted by Gasteiger charge is 2.17. The molecule has 0 radical (unpaired) electrons. The first-order valence-corrected chi connectivity index (χ1v) is 6.72. The van der Waals surface area contributed by atoms with Gasteiger partial charge in [-0.1, -0.05) is 20.4 Å². The molecule has 4 nitrogen and oxygen atoms in total. The van der Waals surface area contributed by atoms with E-state index < -0.39 is 5.97 Å². The molecule has 0 bridgehead atoms. The Kier molecular flexibility index (Phi) is 8.67. The van der Waals surface area contributed by atoms with Crippen molar-refractivity contribution in [2.75, 3.05) is 33.7 Å². The van der Waals surface area contributed by atoms with Crippen LogP contribution in [0.25, 0.3) is 0 Å². The van der Waals surface area contributed by atoms with E-state index in [0.717, 1.165) is 32.5 Å². The van der Waals surface area contributed by atoms with Gasteiger partial charge >= 0.3 is 5.97 Å². The molecule has 0 aliphatic carbocycles. The van der Waals surface area contributed by atoms with Gasteiger partial charge in [0.1, 0.15) is 0 Å². The molecule has 0 amide bonds. The third kappa shape index (κ3) is 6.77. The Bertz CT molecular complexity index is 261. The van der Waals surface area contributed by atoms with Crippen LogP contribution in [0.4, 0.5) is 0 Å². The van der Waals surface area contributed by atoms with Gasteiger partial charge in [0.05, 0.1) is 0 Å². The van der Waals surface area contributed by atoms with Gasteiger partial charge in [-0.3, -0.25) is 0 Å². The highest BCUT2D eigenvalue weighted by Crippen LogP contribution is 2.15. The predicted molar refractivity (Wildman–Crippen MR) is 75.9 cm³/mol. The summed E-state index contributed by atoms with van der Waals surface area (Å²) in [5.41, 5.74) is 0.317. The van der Waals surface area contributed by atoms with Crippen LogP contribution in [0.3, 0.4) is 0 Å². The van der Waals surface area contributed by atoms with Gasteiger partial charge in [-0.2, -0.15) is 0 Å². The van der Waals surface area contributed by atoms with Gasteiger partial charge in [-0.25, -0.2) is 4.79 Å². The predicted octanol–water partition coefficient (Wildman–Crippen LogP) is 2.07. The summed E-state index contributed by atoms with van der Waals surface area (Å²) in [4.78, 5) is 15.3. The fourth-order valence-corrected chi connectivity index (χ4v) is 2.10. The summed E-state index contributed by atoms with van der Waals surface area (Å²) in [6.45, 7) is 11.0. The lowest BCUT2D eigenvalue weighted by Gasteiger charge is -2.30. The minimum Gasteiger partial charge on any atom is -0.478 e. The van der Waals surface area contributed by atoms with Crippen LogP contribution in [-0.4, -0.2) is 60.6 Å². The van der Waals surface area contributed by atoms with Crippen LogP contribution in [-0.2, 0) is 4.79 Å². The quantitative estimate of drug-likeness (QED) is 0.608. The van der Waals surface area contributed by atoms with Crippen molar-refractivity contribution in [1.29, 1.82) is 0 Å².